The van der Waals surface area contributed by atoms with Crippen molar-refractivity contribution in [3.63, 3.8) is 0 Å². The molecule has 4 nitrogen and oxygen atoms in total. The molecule has 3 N–H and O–H groups in total. The molecule has 0 radical (unpaired) electrons. The van der Waals surface area contributed by atoms with Gasteiger partial charge in [0.05, 0.1) is 12.1 Å². The number of hydrogen-bond donors (Lipinski definition) is 3. The van der Waals surface area contributed by atoms with Gasteiger partial charge in [0, 0.05) is 13.6 Å². The van der Waals surface area contributed by atoms with Crippen molar-refractivity contribution < 1.29 is 9.90 Å². The van der Waals surface area contributed by atoms with E-state index in [1.807, 2.05) is 0 Å². The van der Waals surface area contributed by atoms with E-state index in [1.54, 1.807) is 7.05 Å². The molecule has 0 aromatic heterocycles. The first-order valence-corrected chi connectivity index (χ1v) is 4.80. The molecule has 0 atom stereocenters. The SMILES string of the molecule is CNC(=O)CNCC1(O)CCCC1. The van der Waals surface area contributed by atoms with Crippen LogP contribution in [0.5, 0.6) is 0 Å². The Morgan fingerprint density at radius 3 is 2.62 bits per heavy atom. The average molecular weight is 186 g/mol. The molecule has 1 aliphatic carbocycles. The lowest BCUT2D eigenvalue weighted by atomic mass is 10.0. The topological polar surface area (TPSA) is 61.4 Å². The van der Waals surface area contributed by atoms with Crippen LogP contribution >= 0.6 is 0 Å². The van der Waals surface area contributed by atoms with Crippen LogP contribution in [0, 0.1) is 0 Å². The third-order valence-electron chi connectivity index (χ3n) is 2.55. The van der Waals surface area contributed by atoms with Crippen LogP contribution in [0.4, 0.5) is 0 Å². The second-order valence-corrected chi connectivity index (χ2v) is 3.71. The fourth-order valence-electron chi connectivity index (χ4n) is 1.71. The zero-order valence-electron chi connectivity index (χ0n) is 8.10. The van der Waals surface area contributed by atoms with Crippen LogP contribution in [0.2, 0.25) is 0 Å². The smallest absolute Gasteiger partial charge is 0.233 e. The maximum Gasteiger partial charge on any atom is 0.233 e. The zero-order valence-corrected chi connectivity index (χ0v) is 8.10. The van der Waals surface area contributed by atoms with Crippen LogP contribution in [0.1, 0.15) is 25.7 Å². The van der Waals surface area contributed by atoms with Gasteiger partial charge in [0.25, 0.3) is 0 Å². The summed E-state index contributed by atoms with van der Waals surface area (Å²) in [6, 6.07) is 0. The van der Waals surface area contributed by atoms with Gasteiger partial charge in [-0.15, -0.1) is 0 Å². The van der Waals surface area contributed by atoms with E-state index < -0.39 is 5.60 Å². The molecule has 76 valence electrons. The van der Waals surface area contributed by atoms with Crippen molar-refractivity contribution in [3.8, 4) is 0 Å². The Kier molecular flexibility index (Phi) is 3.69. The van der Waals surface area contributed by atoms with E-state index in [4.69, 9.17) is 0 Å². The van der Waals surface area contributed by atoms with Gasteiger partial charge in [0.15, 0.2) is 0 Å². The summed E-state index contributed by atoms with van der Waals surface area (Å²) in [4.78, 5) is 10.8. The summed E-state index contributed by atoms with van der Waals surface area (Å²) in [5, 5.41) is 15.4. The lowest BCUT2D eigenvalue weighted by molar-refractivity contribution is -0.119. The second kappa shape index (κ2) is 4.58. The summed E-state index contributed by atoms with van der Waals surface area (Å²) in [5.74, 6) is -0.0402. The number of hydrogen-bond acceptors (Lipinski definition) is 3. The predicted octanol–water partition coefficient (Wildman–Crippen LogP) is -0.373. The molecular weight excluding hydrogens is 168 g/mol. The first kappa shape index (κ1) is 10.5. The lowest BCUT2D eigenvalue weighted by Crippen LogP contribution is -2.41. The van der Waals surface area contributed by atoms with Crippen LogP contribution in [0.15, 0.2) is 0 Å². The van der Waals surface area contributed by atoms with Crippen molar-refractivity contribution in [2.45, 2.75) is 31.3 Å². The summed E-state index contributed by atoms with van der Waals surface area (Å²) in [6.45, 7) is 0.819. The number of aliphatic hydroxyl groups is 1. The average Bonchev–Trinajstić information content (AvgIpc) is 2.52. The van der Waals surface area contributed by atoms with E-state index in [0.717, 1.165) is 25.7 Å². The number of amides is 1. The number of carbonyl (C=O) groups is 1. The minimum atomic E-state index is -0.561. The molecule has 1 fully saturated rings. The molecule has 1 amide bonds. The van der Waals surface area contributed by atoms with Crippen molar-refractivity contribution in [3.05, 3.63) is 0 Å². The molecule has 0 aliphatic heterocycles. The fraction of sp³-hybridized carbons (Fsp3) is 0.889. The molecule has 13 heavy (non-hydrogen) atoms. The standard InChI is InChI=1S/C9H18N2O2/c1-10-8(12)6-11-7-9(13)4-2-3-5-9/h11,13H,2-7H2,1H3,(H,10,12). The van der Waals surface area contributed by atoms with Crippen molar-refractivity contribution in [2.24, 2.45) is 0 Å². The van der Waals surface area contributed by atoms with E-state index in [-0.39, 0.29) is 5.91 Å². The number of likely N-dealkylation sites (N-methyl/N-ethyl adjacent to an activating group) is 1. The Bertz CT molecular complexity index is 176. The van der Waals surface area contributed by atoms with Gasteiger partial charge in [0.2, 0.25) is 5.91 Å². The molecule has 0 bridgehead atoms. The van der Waals surface area contributed by atoms with Gasteiger partial charge in [-0.3, -0.25) is 4.79 Å². The van der Waals surface area contributed by atoms with Crippen LogP contribution < -0.4 is 10.6 Å². The summed E-state index contributed by atoms with van der Waals surface area (Å²) in [7, 11) is 1.61. The maximum absolute atomic E-state index is 10.8. The molecule has 1 aliphatic rings. The van der Waals surface area contributed by atoms with E-state index in [9.17, 15) is 9.90 Å². The van der Waals surface area contributed by atoms with Crippen molar-refractivity contribution in [1.82, 2.24) is 10.6 Å². The third-order valence-corrected chi connectivity index (χ3v) is 2.55. The molecule has 0 unspecified atom stereocenters. The largest absolute Gasteiger partial charge is 0.389 e. The molecule has 1 rings (SSSR count). The zero-order chi connectivity index (χ0) is 9.73. The van der Waals surface area contributed by atoms with Gasteiger partial charge >= 0.3 is 0 Å². The predicted molar refractivity (Wildman–Crippen MR) is 50.4 cm³/mol. The van der Waals surface area contributed by atoms with Crippen LogP contribution in [0.3, 0.4) is 0 Å². The van der Waals surface area contributed by atoms with E-state index in [1.165, 1.54) is 0 Å². The van der Waals surface area contributed by atoms with Crippen molar-refractivity contribution >= 4 is 5.91 Å². The lowest BCUT2D eigenvalue weighted by Gasteiger charge is -2.22. The first-order chi connectivity index (χ1) is 6.16. The first-order valence-electron chi connectivity index (χ1n) is 4.80. The normalized spacial score (nSPS) is 20.2. The van der Waals surface area contributed by atoms with Gasteiger partial charge in [0.1, 0.15) is 0 Å². The number of rotatable bonds is 4. The molecule has 0 spiro atoms. The fourth-order valence-corrected chi connectivity index (χ4v) is 1.71. The van der Waals surface area contributed by atoms with Crippen LogP contribution in [0.25, 0.3) is 0 Å². The second-order valence-electron chi connectivity index (χ2n) is 3.71. The highest BCUT2D eigenvalue weighted by atomic mass is 16.3. The highest BCUT2D eigenvalue weighted by molar-refractivity contribution is 5.77. The van der Waals surface area contributed by atoms with Gasteiger partial charge in [-0.1, -0.05) is 12.8 Å². The van der Waals surface area contributed by atoms with E-state index >= 15 is 0 Å². The highest BCUT2D eigenvalue weighted by Gasteiger charge is 2.30. The van der Waals surface area contributed by atoms with Crippen LogP contribution in [-0.4, -0.2) is 36.8 Å². The minimum absolute atomic E-state index is 0.0402. The quantitative estimate of drug-likeness (QED) is 0.561. The van der Waals surface area contributed by atoms with Gasteiger partial charge in [-0.05, 0) is 12.8 Å². The summed E-state index contributed by atoms with van der Waals surface area (Å²) >= 11 is 0. The Morgan fingerprint density at radius 1 is 1.46 bits per heavy atom. The Hall–Kier alpha value is -0.610. The third kappa shape index (κ3) is 3.32. The monoisotopic (exact) mass is 186 g/mol. The van der Waals surface area contributed by atoms with Crippen molar-refractivity contribution in [1.29, 1.82) is 0 Å². The molecule has 0 heterocycles. The summed E-state index contributed by atoms with van der Waals surface area (Å²) < 4.78 is 0. The summed E-state index contributed by atoms with van der Waals surface area (Å²) in [6.07, 6.45) is 3.90. The summed E-state index contributed by atoms with van der Waals surface area (Å²) in [5.41, 5.74) is -0.561. The molecule has 0 aromatic carbocycles. The van der Waals surface area contributed by atoms with Crippen molar-refractivity contribution in [2.75, 3.05) is 20.1 Å². The van der Waals surface area contributed by atoms with E-state index in [2.05, 4.69) is 10.6 Å². The minimum Gasteiger partial charge on any atom is -0.389 e. The number of nitrogens with one attached hydrogen (secondary N) is 2. The molecule has 0 saturated heterocycles. The molecule has 0 aromatic rings. The van der Waals surface area contributed by atoms with Gasteiger partial charge < -0.3 is 15.7 Å². The van der Waals surface area contributed by atoms with Gasteiger partial charge in [-0.2, -0.15) is 0 Å². The molecular formula is C9H18N2O2. The Balaban J connectivity index is 2.14. The van der Waals surface area contributed by atoms with Crippen LogP contribution in [-0.2, 0) is 4.79 Å². The number of carbonyl (C=O) groups excluding carboxylic acids is 1. The van der Waals surface area contributed by atoms with E-state index in [0.29, 0.717) is 13.1 Å². The molecule has 4 heteroatoms. The maximum atomic E-state index is 10.8. The Labute approximate surface area is 78.7 Å². The Morgan fingerprint density at radius 2 is 2.08 bits per heavy atom. The van der Waals surface area contributed by atoms with Gasteiger partial charge in [-0.25, -0.2) is 0 Å². The molecule has 1 saturated carbocycles. The highest BCUT2D eigenvalue weighted by Crippen LogP contribution is 2.28.